The smallest absolute Gasteiger partial charge is 0.331 e. The van der Waals surface area contributed by atoms with Gasteiger partial charge in [-0.2, -0.15) is 5.10 Å². The van der Waals surface area contributed by atoms with Crippen molar-refractivity contribution in [3.8, 4) is 17.2 Å². The highest BCUT2D eigenvalue weighted by Gasteiger charge is 2.12. The molecule has 0 spiro atoms. The molecule has 1 aromatic heterocycles. The largest absolute Gasteiger partial charge is 0.497 e. The molecule has 0 aliphatic heterocycles. The normalized spacial score (nSPS) is 10.7. The molecule has 31 heavy (non-hydrogen) atoms. The first-order valence-electron chi connectivity index (χ1n) is 9.01. The molecule has 1 N–H and O–H groups in total. The number of methoxy groups -OCH3 is 2. The lowest BCUT2D eigenvalue weighted by Crippen LogP contribution is -2.21. The van der Waals surface area contributed by atoms with Gasteiger partial charge in [0.05, 0.1) is 25.6 Å². The highest BCUT2D eigenvalue weighted by molar-refractivity contribution is 6.31. The van der Waals surface area contributed by atoms with E-state index >= 15 is 0 Å². The van der Waals surface area contributed by atoms with E-state index in [1.807, 2.05) is 0 Å². The number of nitrogens with one attached hydrogen (secondary N) is 1. The Morgan fingerprint density at radius 1 is 1.16 bits per heavy atom. The van der Waals surface area contributed by atoms with Gasteiger partial charge < -0.3 is 19.5 Å². The van der Waals surface area contributed by atoms with Crippen LogP contribution in [0.15, 0.2) is 55.1 Å². The van der Waals surface area contributed by atoms with E-state index < -0.39 is 18.5 Å². The van der Waals surface area contributed by atoms with E-state index in [-0.39, 0.29) is 0 Å². The van der Waals surface area contributed by atoms with Crippen LogP contribution in [0.3, 0.4) is 0 Å². The van der Waals surface area contributed by atoms with Gasteiger partial charge in [-0.25, -0.2) is 14.5 Å². The molecule has 10 heteroatoms. The third kappa shape index (κ3) is 5.83. The standard InChI is InChI=1S/C21H19ClN4O5/c1-29-16-6-3-14(19(10-16)30-2)4-8-21(28)31-11-20(27)25-17-9-15(22)5-7-18(17)26-13-23-12-24-26/h3-10,12-13H,11H2,1-2H3,(H,25,27)/b8-4+. The fourth-order valence-electron chi connectivity index (χ4n) is 2.63. The van der Waals surface area contributed by atoms with E-state index in [1.165, 1.54) is 36.6 Å². The second-order valence-electron chi connectivity index (χ2n) is 6.10. The average Bonchev–Trinajstić information content (AvgIpc) is 3.31. The second kappa shape index (κ2) is 10.3. The zero-order valence-electron chi connectivity index (χ0n) is 16.7. The summed E-state index contributed by atoms with van der Waals surface area (Å²) in [6.45, 7) is -0.480. The third-order valence-electron chi connectivity index (χ3n) is 4.08. The quantitative estimate of drug-likeness (QED) is 0.422. The van der Waals surface area contributed by atoms with Crippen LogP contribution in [-0.4, -0.2) is 47.5 Å². The Labute approximate surface area is 183 Å². The average molecular weight is 443 g/mol. The number of aromatic nitrogens is 3. The molecule has 2 aromatic carbocycles. The van der Waals surface area contributed by atoms with E-state index in [9.17, 15) is 9.59 Å². The maximum atomic E-state index is 12.3. The Bertz CT molecular complexity index is 1100. The minimum atomic E-state index is -0.685. The first-order chi connectivity index (χ1) is 15.0. The summed E-state index contributed by atoms with van der Waals surface area (Å²) in [4.78, 5) is 28.1. The van der Waals surface area contributed by atoms with Crippen molar-refractivity contribution < 1.29 is 23.8 Å². The van der Waals surface area contributed by atoms with Crippen LogP contribution >= 0.6 is 11.6 Å². The molecule has 9 nitrogen and oxygen atoms in total. The van der Waals surface area contributed by atoms with Crippen LogP contribution in [0, 0.1) is 0 Å². The molecule has 0 radical (unpaired) electrons. The van der Waals surface area contributed by atoms with Crippen molar-refractivity contribution in [1.82, 2.24) is 14.8 Å². The van der Waals surface area contributed by atoms with E-state index in [4.69, 9.17) is 25.8 Å². The number of carbonyl (C=O) groups excluding carboxylic acids is 2. The number of esters is 1. The van der Waals surface area contributed by atoms with Gasteiger partial charge in [-0.3, -0.25) is 4.79 Å². The summed E-state index contributed by atoms with van der Waals surface area (Å²) in [7, 11) is 3.06. The van der Waals surface area contributed by atoms with Gasteiger partial charge in [0.15, 0.2) is 6.61 Å². The van der Waals surface area contributed by atoms with Gasteiger partial charge in [0.1, 0.15) is 24.2 Å². The fraction of sp³-hybridized carbons (Fsp3) is 0.143. The number of nitrogens with zero attached hydrogens (tertiary/aromatic N) is 3. The van der Waals surface area contributed by atoms with Gasteiger partial charge >= 0.3 is 5.97 Å². The zero-order valence-corrected chi connectivity index (χ0v) is 17.5. The minimum absolute atomic E-state index is 0.401. The summed E-state index contributed by atoms with van der Waals surface area (Å²) in [6.07, 6.45) is 5.58. The van der Waals surface area contributed by atoms with E-state index in [1.54, 1.807) is 43.5 Å². The van der Waals surface area contributed by atoms with Crippen molar-refractivity contribution in [1.29, 1.82) is 0 Å². The monoisotopic (exact) mass is 442 g/mol. The van der Waals surface area contributed by atoms with Gasteiger partial charge in [0.2, 0.25) is 0 Å². The molecule has 1 amide bonds. The summed E-state index contributed by atoms with van der Waals surface area (Å²) in [5.74, 6) is -0.0645. The lowest BCUT2D eigenvalue weighted by atomic mass is 10.2. The Hall–Kier alpha value is -3.85. The van der Waals surface area contributed by atoms with Crippen molar-refractivity contribution >= 4 is 35.2 Å². The van der Waals surface area contributed by atoms with Crippen LogP contribution in [-0.2, 0) is 14.3 Å². The minimum Gasteiger partial charge on any atom is -0.497 e. The summed E-state index contributed by atoms with van der Waals surface area (Å²) in [6, 6.07) is 10.1. The van der Waals surface area contributed by atoms with E-state index in [0.717, 1.165) is 0 Å². The molecule has 0 aliphatic rings. The molecule has 0 saturated carbocycles. The van der Waals surface area contributed by atoms with E-state index in [0.29, 0.717) is 33.5 Å². The van der Waals surface area contributed by atoms with Crippen LogP contribution in [0.25, 0.3) is 11.8 Å². The Kier molecular flexibility index (Phi) is 7.23. The fourth-order valence-corrected chi connectivity index (χ4v) is 2.80. The second-order valence-corrected chi connectivity index (χ2v) is 6.54. The molecule has 0 bridgehead atoms. The maximum Gasteiger partial charge on any atom is 0.331 e. The Morgan fingerprint density at radius 3 is 2.71 bits per heavy atom. The molecular weight excluding hydrogens is 424 g/mol. The number of hydrogen-bond donors (Lipinski definition) is 1. The van der Waals surface area contributed by atoms with Gasteiger partial charge in [-0.1, -0.05) is 11.6 Å². The van der Waals surface area contributed by atoms with Crippen LogP contribution in [0.1, 0.15) is 5.56 Å². The van der Waals surface area contributed by atoms with Gasteiger partial charge in [-0.05, 0) is 36.4 Å². The number of rotatable bonds is 8. The third-order valence-corrected chi connectivity index (χ3v) is 4.32. The maximum absolute atomic E-state index is 12.3. The van der Waals surface area contributed by atoms with Crippen LogP contribution in [0.5, 0.6) is 11.5 Å². The number of amides is 1. The molecular formula is C21H19ClN4O5. The highest BCUT2D eigenvalue weighted by atomic mass is 35.5. The molecule has 1 heterocycles. The molecule has 3 rings (SSSR count). The topological polar surface area (TPSA) is 105 Å². The van der Waals surface area contributed by atoms with Crippen LogP contribution in [0.4, 0.5) is 5.69 Å². The number of anilines is 1. The number of carbonyl (C=O) groups is 2. The molecule has 0 saturated heterocycles. The highest BCUT2D eigenvalue weighted by Crippen LogP contribution is 2.26. The Balaban J connectivity index is 1.60. The molecule has 0 fully saturated rings. The van der Waals surface area contributed by atoms with Gasteiger partial charge in [-0.15, -0.1) is 0 Å². The Morgan fingerprint density at radius 2 is 2.00 bits per heavy atom. The first kappa shape index (κ1) is 21.8. The van der Waals surface area contributed by atoms with Gasteiger partial charge in [0.25, 0.3) is 5.91 Å². The SMILES string of the molecule is COc1ccc(/C=C/C(=O)OCC(=O)Nc2cc(Cl)ccc2-n2cncn2)c(OC)c1. The first-order valence-corrected chi connectivity index (χ1v) is 9.39. The van der Waals surface area contributed by atoms with Crippen molar-refractivity contribution in [2.75, 3.05) is 26.1 Å². The van der Waals surface area contributed by atoms with Crippen molar-refractivity contribution in [2.24, 2.45) is 0 Å². The molecule has 0 aliphatic carbocycles. The number of halogens is 1. The molecule has 0 unspecified atom stereocenters. The lowest BCUT2D eigenvalue weighted by molar-refractivity contribution is -0.142. The zero-order chi connectivity index (χ0) is 22.2. The summed E-state index contributed by atoms with van der Waals surface area (Å²) in [5.41, 5.74) is 1.62. The summed E-state index contributed by atoms with van der Waals surface area (Å²) < 4.78 is 16.9. The van der Waals surface area contributed by atoms with Crippen LogP contribution < -0.4 is 14.8 Å². The summed E-state index contributed by atoms with van der Waals surface area (Å²) in [5, 5.41) is 7.11. The molecule has 3 aromatic rings. The van der Waals surface area contributed by atoms with E-state index in [2.05, 4.69) is 15.4 Å². The molecule has 160 valence electrons. The predicted octanol–water partition coefficient (Wildman–Crippen LogP) is 3.13. The number of ether oxygens (including phenoxy) is 3. The number of hydrogen-bond acceptors (Lipinski definition) is 7. The number of benzene rings is 2. The van der Waals surface area contributed by atoms with Gasteiger partial charge in [0, 0.05) is 22.7 Å². The molecule has 0 atom stereocenters. The van der Waals surface area contributed by atoms with Crippen molar-refractivity contribution in [3.63, 3.8) is 0 Å². The summed E-state index contributed by atoms with van der Waals surface area (Å²) >= 11 is 6.02. The lowest BCUT2D eigenvalue weighted by Gasteiger charge is -2.11. The van der Waals surface area contributed by atoms with Crippen molar-refractivity contribution in [3.05, 3.63) is 65.7 Å². The van der Waals surface area contributed by atoms with Crippen LogP contribution in [0.2, 0.25) is 5.02 Å². The predicted molar refractivity (Wildman–Crippen MR) is 115 cm³/mol. The van der Waals surface area contributed by atoms with Crippen molar-refractivity contribution in [2.45, 2.75) is 0 Å².